The molecule has 0 aromatic carbocycles. The number of rotatable bonds is 3. The summed E-state index contributed by atoms with van der Waals surface area (Å²) in [4.78, 5) is 0. The molecule has 90 valence electrons. The van der Waals surface area contributed by atoms with E-state index in [9.17, 15) is 0 Å². The Balaban J connectivity index is 2.61. The third-order valence-corrected chi connectivity index (χ3v) is 4.46. The fraction of sp³-hybridized carbons (Fsp3) is 1.00. The van der Waals surface area contributed by atoms with Crippen molar-refractivity contribution in [1.82, 2.24) is 0 Å². The van der Waals surface area contributed by atoms with Gasteiger partial charge in [0.05, 0.1) is 0 Å². The van der Waals surface area contributed by atoms with E-state index in [1.807, 2.05) is 0 Å². The first-order valence-electron chi connectivity index (χ1n) is 6.47. The van der Waals surface area contributed by atoms with Crippen LogP contribution < -0.4 is 0 Å². The minimum atomic E-state index is 0.405. The van der Waals surface area contributed by atoms with Crippen LogP contribution in [0.5, 0.6) is 0 Å². The topological polar surface area (TPSA) is 0 Å². The Morgan fingerprint density at radius 1 is 1.27 bits per heavy atom. The van der Waals surface area contributed by atoms with Gasteiger partial charge in [-0.05, 0) is 42.4 Å². The molecular weight excluding hydrogens is 204 g/mol. The second kappa shape index (κ2) is 5.08. The number of halogens is 1. The molecule has 0 heterocycles. The third-order valence-electron chi connectivity index (χ3n) is 3.97. The van der Waals surface area contributed by atoms with E-state index < -0.39 is 0 Å². The predicted octanol–water partition coefficient (Wildman–Crippen LogP) is 5.10. The maximum absolute atomic E-state index is 6.55. The molecule has 0 radical (unpaired) electrons. The molecule has 0 nitrogen and oxygen atoms in total. The molecule has 1 fully saturated rings. The monoisotopic (exact) mass is 230 g/mol. The molecule has 0 aliphatic heterocycles. The molecule has 1 rings (SSSR count). The Labute approximate surface area is 101 Å². The molecule has 0 spiro atoms. The molecule has 0 aromatic rings. The van der Waals surface area contributed by atoms with Crippen LogP contribution in [0.4, 0.5) is 0 Å². The van der Waals surface area contributed by atoms with Crippen molar-refractivity contribution in [1.29, 1.82) is 0 Å². The van der Waals surface area contributed by atoms with Gasteiger partial charge in [-0.25, -0.2) is 0 Å². The van der Waals surface area contributed by atoms with Crippen molar-refractivity contribution in [2.24, 2.45) is 23.2 Å². The zero-order valence-electron chi connectivity index (χ0n) is 11.0. The summed E-state index contributed by atoms with van der Waals surface area (Å²) in [6.07, 6.45) is 5.22. The summed E-state index contributed by atoms with van der Waals surface area (Å²) in [6, 6.07) is 0. The molecule has 3 unspecified atom stereocenters. The van der Waals surface area contributed by atoms with Crippen LogP contribution in [-0.4, -0.2) is 5.38 Å². The van der Waals surface area contributed by atoms with Gasteiger partial charge in [0.25, 0.3) is 0 Å². The second-order valence-corrected chi connectivity index (χ2v) is 7.19. The van der Waals surface area contributed by atoms with Crippen LogP contribution in [0.15, 0.2) is 0 Å². The van der Waals surface area contributed by atoms with E-state index in [1.54, 1.807) is 0 Å². The van der Waals surface area contributed by atoms with E-state index in [0.29, 0.717) is 10.8 Å². The van der Waals surface area contributed by atoms with Gasteiger partial charge in [0.1, 0.15) is 0 Å². The van der Waals surface area contributed by atoms with E-state index in [2.05, 4.69) is 34.6 Å². The lowest BCUT2D eigenvalue weighted by atomic mass is 9.66. The van der Waals surface area contributed by atoms with Gasteiger partial charge >= 0.3 is 0 Å². The summed E-state index contributed by atoms with van der Waals surface area (Å²) in [6.45, 7) is 11.8. The minimum absolute atomic E-state index is 0.405. The van der Waals surface area contributed by atoms with Crippen molar-refractivity contribution < 1.29 is 0 Å². The average Bonchev–Trinajstić information content (AvgIpc) is 1.99. The summed E-state index contributed by atoms with van der Waals surface area (Å²) in [5.41, 5.74) is 0.417. The minimum Gasteiger partial charge on any atom is -0.123 e. The van der Waals surface area contributed by atoms with Gasteiger partial charge in [0, 0.05) is 5.38 Å². The van der Waals surface area contributed by atoms with Crippen molar-refractivity contribution in [3.05, 3.63) is 0 Å². The van der Waals surface area contributed by atoms with Gasteiger partial charge in [-0.3, -0.25) is 0 Å². The zero-order chi connectivity index (χ0) is 11.6. The van der Waals surface area contributed by atoms with Gasteiger partial charge in [0.15, 0.2) is 0 Å². The normalized spacial score (nSPS) is 33.4. The standard InChI is InChI=1S/C14H27Cl/c1-10(2)9-14(4,5)12-7-6-11(3)8-13(12)15/h10-13H,6-9H2,1-5H3. The van der Waals surface area contributed by atoms with Crippen molar-refractivity contribution in [2.75, 3.05) is 0 Å². The highest BCUT2D eigenvalue weighted by atomic mass is 35.5. The molecule has 1 saturated carbocycles. The molecule has 0 amide bonds. The lowest BCUT2D eigenvalue weighted by Crippen LogP contribution is -2.36. The quantitative estimate of drug-likeness (QED) is 0.592. The van der Waals surface area contributed by atoms with Crippen LogP contribution in [-0.2, 0) is 0 Å². The van der Waals surface area contributed by atoms with Crippen LogP contribution in [0.1, 0.15) is 60.3 Å². The van der Waals surface area contributed by atoms with Crippen LogP contribution in [0.2, 0.25) is 0 Å². The van der Waals surface area contributed by atoms with Crippen LogP contribution in [0.3, 0.4) is 0 Å². The first-order valence-corrected chi connectivity index (χ1v) is 6.90. The number of hydrogen-bond acceptors (Lipinski definition) is 0. The third kappa shape index (κ3) is 3.66. The summed E-state index contributed by atoms with van der Waals surface area (Å²) >= 11 is 6.55. The van der Waals surface area contributed by atoms with E-state index >= 15 is 0 Å². The molecule has 1 aliphatic rings. The van der Waals surface area contributed by atoms with Crippen molar-refractivity contribution in [2.45, 2.75) is 65.7 Å². The van der Waals surface area contributed by atoms with E-state index in [1.165, 1.54) is 25.7 Å². The Kier molecular flexibility index (Phi) is 4.52. The molecule has 0 saturated heterocycles. The van der Waals surface area contributed by atoms with Gasteiger partial charge in [-0.2, -0.15) is 0 Å². The lowest BCUT2D eigenvalue weighted by Gasteiger charge is -2.42. The average molecular weight is 231 g/mol. The van der Waals surface area contributed by atoms with Gasteiger partial charge in [-0.15, -0.1) is 11.6 Å². The second-order valence-electron chi connectivity index (χ2n) is 6.63. The molecule has 0 bridgehead atoms. The highest BCUT2D eigenvalue weighted by Crippen LogP contribution is 2.45. The maximum atomic E-state index is 6.55. The molecule has 15 heavy (non-hydrogen) atoms. The molecular formula is C14H27Cl. The lowest BCUT2D eigenvalue weighted by molar-refractivity contribution is 0.117. The van der Waals surface area contributed by atoms with Crippen molar-refractivity contribution in [3.63, 3.8) is 0 Å². The number of alkyl halides is 1. The van der Waals surface area contributed by atoms with E-state index in [0.717, 1.165) is 17.8 Å². The summed E-state index contributed by atoms with van der Waals surface area (Å²) in [5.74, 6) is 2.33. The number of hydrogen-bond donors (Lipinski definition) is 0. The van der Waals surface area contributed by atoms with Crippen LogP contribution >= 0.6 is 11.6 Å². The van der Waals surface area contributed by atoms with Gasteiger partial charge in [0.2, 0.25) is 0 Å². The smallest absolute Gasteiger partial charge is 0.0371 e. The zero-order valence-corrected chi connectivity index (χ0v) is 11.8. The SMILES string of the molecule is CC(C)CC(C)(C)C1CCC(C)CC1Cl. The molecule has 1 aliphatic carbocycles. The van der Waals surface area contributed by atoms with E-state index in [4.69, 9.17) is 11.6 Å². The van der Waals surface area contributed by atoms with Crippen molar-refractivity contribution >= 4 is 11.6 Å². The van der Waals surface area contributed by atoms with Crippen LogP contribution in [0, 0.1) is 23.2 Å². The van der Waals surface area contributed by atoms with Crippen LogP contribution in [0.25, 0.3) is 0 Å². The fourth-order valence-electron chi connectivity index (χ4n) is 3.40. The molecule has 1 heteroatoms. The largest absolute Gasteiger partial charge is 0.123 e. The Morgan fingerprint density at radius 2 is 1.87 bits per heavy atom. The molecule has 3 atom stereocenters. The first kappa shape index (κ1) is 13.4. The molecule has 0 aromatic heterocycles. The summed E-state index contributed by atoms with van der Waals surface area (Å²) in [5, 5.41) is 0.405. The highest BCUT2D eigenvalue weighted by Gasteiger charge is 2.38. The summed E-state index contributed by atoms with van der Waals surface area (Å²) < 4.78 is 0. The van der Waals surface area contributed by atoms with Gasteiger partial charge < -0.3 is 0 Å². The van der Waals surface area contributed by atoms with Crippen molar-refractivity contribution in [3.8, 4) is 0 Å². The Morgan fingerprint density at radius 3 is 2.33 bits per heavy atom. The maximum Gasteiger partial charge on any atom is 0.0371 e. The highest BCUT2D eigenvalue weighted by molar-refractivity contribution is 6.20. The molecule has 0 N–H and O–H groups in total. The fourth-order valence-corrected chi connectivity index (χ4v) is 4.17. The van der Waals surface area contributed by atoms with E-state index in [-0.39, 0.29) is 0 Å². The Bertz CT molecular complexity index is 196. The first-order chi connectivity index (χ1) is 6.83. The Hall–Kier alpha value is 0.290. The summed E-state index contributed by atoms with van der Waals surface area (Å²) in [7, 11) is 0. The predicted molar refractivity (Wildman–Crippen MR) is 69.4 cm³/mol. The van der Waals surface area contributed by atoms with Gasteiger partial charge in [-0.1, -0.05) is 41.0 Å².